The van der Waals surface area contributed by atoms with Gasteiger partial charge in [-0.1, -0.05) is 52.0 Å². The average Bonchev–Trinajstić information content (AvgIpc) is 2.49. The Morgan fingerprint density at radius 2 is 1.15 bits per heavy atom. The predicted octanol–water partition coefficient (Wildman–Crippen LogP) is 4.20. The zero-order valence-electron chi connectivity index (χ0n) is 12.1. The molecule has 0 aliphatic carbocycles. The Kier molecular flexibility index (Phi) is 7.89. The maximum absolute atomic E-state index is 11.4. The largest absolute Gasteiger partial charge is 0.386 e. The molecule has 0 amide bonds. The van der Waals surface area contributed by atoms with E-state index in [0.29, 0.717) is 16.5 Å². The first-order valence-electron chi connectivity index (χ1n) is 6.55. The van der Waals surface area contributed by atoms with E-state index in [9.17, 15) is 9.59 Å². The molecule has 0 atom stereocenters. The Bertz CT molecular complexity index is 557. The molecule has 0 spiro atoms. The van der Waals surface area contributed by atoms with Crippen LogP contribution in [0.25, 0.3) is 10.8 Å². The summed E-state index contributed by atoms with van der Waals surface area (Å²) >= 11 is 0. The Morgan fingerprint density at radius 1 is 0.750 bits per heavy atom. The number of carbonyl (C=O) groups excluding carboxylic acids is 2. The van der Waals surface area contributed by atoms with Gasteiger partial charge >= 0.3 is 11.9 Å². The molecule has 3 nitrogen and oxygen atoms in total. The van der Waals surface area contributed by atoms with E-state index in [2.05, 4.69) is 4.74 Å². The van der Waals surface area contributed by atoms with Crippen LogP contribution in [-0.2, 0) is 23.3 Å². The summed E-state index contributed by atoms with van der Waals surface area (Å²) in [6, 6.07) is 10.6. The van der Waals surface area contributed by atoms with Crippen LogP contribution in [0.3, 0.4) is 0 Å². The van der Waals surface area contributed by atoms with Crippen molar-refractivity contribution in [1.29, 1.82) is 0 Å². The molecular weight excluding hydrogens is 291 g/mol. The van der Waals surface area contributed by atoms with Crippen LogP contribution in [0.4, 0.5) is 0 Å². The standard InChI is InChI=1S/C12H6O3.2C2H6.V/c13-11-8-5-1-3-7-4-2-6-9(10(7)8)12(14)15-11;2*1-2;/h1-6H;2*1-2H3;. The number of rotatable bonds is 0. The Hall–Kier alpha value is -1.58. The molecule has 105 valence electrons. The van der Waals surface area contributed by atoms with Crippen molar-refractivity contribution in [3.63, 3.8) is 0 Å². The number of hydrogen-bond donors (Lipinski definition) is 0. The number of cyclic esters (lactones) is 2. The molecule has 1 aliphatic rings. The maximum Gasteiger partial charge on any atom is 0.346 e. The molecule has 1 aliphatic heterocycles. The molecular formula is C16H18O3V. The third kappa shape index (κ3) is 3.30. The van der Waals surface area contributed by atoms with Crippen molar-refractivity contribution in [2.45, 2.75) is 27.7 Å². The molecule has 0 saturated heterocycles. The summed E-state index contributed by atoms with van der Waals surface area (Å²) in [5.41, 5.74) is 0.922. The SMILES string of the molecule is CC.CC.O=C1OC(=O)c2cccc3cccc1c23.[V]. The first-order chi connectivity index (χ1) is 9.27. The fraction of sp³-hybridized carbons (Fsp3) is 0.250. The summed E-state index contributed by atoms with van der Waals surface area (Å²) < 4.78 is 4.63. The van der Waals surface area contributed by atoms with Crippen LogP contribution in [0.15, 0.2) is 36.4 Å². The summed E-state index contributed by atoms with van der Waals surface area (Å²) in [5.74, 6) is -1.13. The smallest absolute Gasteiger partial charge is 0.346 e. The Labute approximate surface area is 131 Å². The predicted molar refractivity (Wildman–Crippen MR) is 76.4 cm³/mol. The second-order valence-corrected chi connectivity index (χ2v) is 3.39. The minimum absolute atomic E-state index is 0. The van der Waals surface area contributed by atoms with Crippen molar-refractivity contribution in [3.05, 3.63) is 47.5 Å². The summed E-state index contributed by atoms with van der Waals surface area (Å²) in [6.45, 7) is 8.00. The first kappa shape index (κ1) is 18.4. The van der Waals surface area contributed by atoms with Crippen LogP contribution in [-0.4, -0.2) is 11.9 Å². The van der Waals surface area contributed by atoms with Gasteiger partial charge in [-0.25, -0.2) is 9.59 Å². The second kappa shape index (κ2) is 8.57. The van der Waals surface area contributed by atoms with Crippen molar-refractivity contribution in [2.24, 2.45) is 0 Å². The minimum Gasteiger partial charge on any atom is -0.386 e. The van der Waals surface area contributed by atoms with Gasteiger partial charge in [0.05, 0.1) is 11.1 Å². The molecule has 0 N–H and O–H groups in total. The van der Waals surface area contributed by atoms with Crippen LogP contribution in [0.2, 0.25) is 0 Å². The van der Waals surface area contributed by atoms with Gasteiger partial charge in [0.2, 0.25) is 0 Å². The Morgan fingerprint density at radius 3 is 1.55 bits per heavy atom. The molecule has 0 aromatic heterocycles. The van der Waals surface area contributed by atoms with Crippen LogP contribution in [0.5, 0.6) is 0 Å². The molecule has 0 fully saturated rings. The molecule has 0 saturated carbocycles. The summed E-state index contributed by atoms with van der Waals surface area (Å²) in [4.78, 5) is 22.9. The van der Waals surface area contributed by atoms with E-state index >= 15 is 0 Å². The van der Waals surface area contributed by atoms with E-state index in [1.165, 1.54) is 0 Å². The van der Waals surface area contributed by atoms with E-state index < -0.39 is 11.9 Å². The zero-order chi connectivity index (χ0) is 14.4. The molecule has 4 heteroatoms. The van der Waals surface area contributed by atoms with E-state index in [0.717, 1.165) is 5.39 Å². The number of benzene rings is 2. The van der Waals surface area contributed by atoms with Crippen LogP contribution < -0.4 is 0 Å². The Balaban J connectivity index is 0.000000667. The first-order valence-corrected chi connectivity index (χ1v) is 6.55. The van der Waals surface area contributed by atoms with Gasteiger partial charge in [0.15, 0.2) is 0 Å². The van der Waals surface area contributed by atoms with E-state index in [1.54, 1.807) is 24.3 Å². The molecule has 0 unspecified atom stereocenters. The number of carbonyl (C=O) groups is 2. The summed E-state index contributed by atoms with van der Waals surface area (Å²) in [5, 5.41) is 1.58. The zero-order valence-corrected chi connectivity index (χ0v) is 13.5. The second-order valence-electron chi connectivity index (χ2n) is 3.39. The van der Waals surface area contributed by atoms with E-state index in [-0.39, 0.29) is 18.6 Å². The molecule has 0 bridgehead atoms. The van der Waals surface area contributed by atoms with Gasteiger partial charge in [-0.3, -0.25) is 0 Å². The van der Waals surface area contributed by atoms with Gasteiger partial charge in [0, 0.05) is 23.9 Å². The van der Waals surface area contributed by atoms with Crippen LogP contribution in [0, 0.1) is 0 Å². The maximum atomic E-state index is 11.4. The molecule has 1 heterocycles. The third-order valence-electron chi connectivity index (χ3n) is 2.53. The van der Waals surface area contributed by atoms with Gasteiger partial charge < -0.3 is 4.74 Å². The summed E-state index contributed by atoms with van der Waals surface area (Å²) in [6.07, 6.45) is 0. The molecule has 2 aromatic carbocycles. The van der Waals surface area contributed by atoms with Crippen molar-refractivity contribution in [1.82, 2.24) is 0 Å². The van der Waals surface area contributed by atoms with Crippen LogP contribution in [0.1, 0.15) is 48.4 Å². The quantitative estimate of drug-likeness (QED) is 0.541. The van der Waals surface area contributed by atoms with Gasteiger partial charge in [0.25, 0.3) is 0 Å². The number of ether oxygens (including phenoxy) is 1. The normalized spacial score (nSPS) is 11.2. The fourth-order valence-corrected chi connectivity index (χ4v) is 1.88. The summed E-state index contributed by atoms with van der Waals surface area (Å²) in [7, 11) is 0. The average molecular weight is 309 g/mol. The minimum atomic E-state index is -0.565. The van der Waals surface area contributed by atoms with Crippen molar-refractivity contribution in [3.8, 4) is 0 Å². The van der Waals surface area contributed by atoms with Crippen molar-refractivity contribution < 1.29 is 32.9 Å². The van der Waals surface area contributed by atoms with Gasteiger partial charge in [-0.05, 0) is 17.5 Å². The van der Waals surface area contributed by atoms with Gasteiger partial charge in [-0.2, -0.15) is 0 Å². The van der Waals surface area contributed by atoms with Crippen molar-refractivity contribution >= 4 is 22.7 Å². The van der Waals surface area contributed by atoms with Crippen LogP contribution >= 0.6 is 0 Å². The van der Waals surface area contributed by atoms with Gasteiger partial charge in [0.1, 0.15) is 0 Å². The monoisotopic (exact) mass is 309 g/mol. The van der Waals surface area contributed by atoms with Crippen molar-refractivity contribution in [2.75, 3.05) is 0 Å². The molecule has 1 radical (unpaired) electrons. The number of hydrogen-bond acceptors (Lipinski definition) is 3. The number of esters is 2. The molecule has 3 rings (SSSR count). The van der Waals surface area contributed by atoms with E-state index in [1.807, 2.05) is 39.8 Å². The molecule has 2 aromatic rings. The van der Waals surface area contributed by atoms with E-state index in [4.69, 9.17) is 0 Å². The molecule has 20 heavy (non-hydrogen) atoms. The van der Waals surface area contributed by atoms with Gasteiger partial charge in [-0.15, -0.1) is 0 Å². The third-order valence-corrected chi connectivity index (χ3v) is 2.53. The fourth-order valence-electron chi connectivity index (χ4n) is 1.88. The topological polar surface area (TPSA) is 43.4 Å².